The van der Waals surface area contributed by atoms with Crippen LogP contribution >= 0.6 is 24.0 Å². The van der Waals surface area contributed by atoms with Gasteiger partial charge in [0, 0.05) is 26.1 Å². The molecule has 7 nitrogen and oxygen atoms in total. The van der Waals surface area contributed by atoms with E-state index in [9.17, 15) is 0 Å². The van der Waals surface area contributed by atoms with Crippen LogP contribution in [0.2, 0.25) is 0 Å². The zero-order valence-corrected chi connectivity index (χ0v) is 17.6. The van der Waals surface area contributed by atoms with E-state index in [1.54, 1.807) is 14.0 Å². The molecule has 8 heteroatoms. The molecule has 1 aliphatic rings. The Morgan fingerprint density at radius 2 is 2.08 bits per heavy atom. The van der Waals surface area contributed by atoms with Crippen molar-refractivity contribution in [2.75, 3.05) is 20.2 Å². The maximum absolute atomic E-state index is 6.02. The van der Waals surface area contributed by atoms with Crippen LogP contribution in [0.4, 0.5) is 0 Å². The summed E-state index contributed by atoms with van der Waals surface area (Å²) in [6, 6.07) is 0. The lowest BCUT2D eigenvalue weighted by molar-refractivity contribution is -0.0835. The molecule has 1 fully saturated rings. The molecule has 2 N–H and O–H groups in total. The van der Waals surface area contributed by atoms with Gasteiger partial charge in [0.05, 0.1) is 12.6 Å². The summed E-state index contributed by atoms with van der Waals surface area (Å²) in [6.07, 6.45) is 2.56. The van der Waals surface area contributed by atoms with Crippen LogP contribution in [0.25, 0.3) is 0 Å². The predicted molar refractivity (Wildman–Crippen MR) is 105 cm³/mol. The van der Waals surface area contributed by atoms with Crippen molar-refractivity contribution in [2.45, 2.75) is 53.2 Å². The van der Waals surface area contributed by atoms with E-state index >= 15 is 0 Å². The van der Waals surface area contributed by atoms with Crippen LogP contribution in [-0.4, -0.2) is 42.4 Å². The van der Waals surface area contributed by atoms with Crippen LogP contribution < -0.4 is 10.6 Å². The van der Waals surface area contributed by atoms with Crippen molar-refractivity contribution in [1.29, 1.82) is 0 Å². The lowest BCUT2D eigenvalue weighted by atomic mass is 9.78. The highest BCUT2D eigenvalue weighted by atomic mass is 127. The molecule has 2 atom stereocenters. The van der Waals surface area contributed by atoms with Crippen LogP contribution in [0.15, 0.2) is 9.52 Å². The highest BCUT2D eigenvalue weighted by Gasteiger charge is 2.35. The van der Waals surface area contributed by atoms with Gasteiger partial charge < -0.3 is 19.9 Å². The number of rotatable bonds is 4. The lowest BCUT2D eigenvalue weighted by Gasteiger charge is -2.40. The molecule has 0 radical (unpaired) electrons. The maximum atomic E-state index is 6.02. The van der Waals surface area contributed by atoms with E-state index in [1.165, 1.54) is 6.42 Å². The predicted octanol–water partition coefficient (Wildman–Crippen LogP) is 2.50. The number of aromatic nitrogens is 2. The van der Waals surface area contributed by atoms with Gasteiger partial charge in [-0.25, -0.2) is 0 Å². The van der Waals surface area contributed by atoms with Crippen molar-refractivity contribution >= 4 is 29.9 Å². The Labute approximate surface area is 161 Å². The quantitative estimate of drug-likeness (QED) is 0.416. The molecule has 1 aromatic rings. The molecule has 1 aliphatic heterocycles. The molecule has 1 saturated heterocycles. The summed E-state index contributed by atoms with van der Waals surface area (Å²) in [4.78, 5) is 8.41. The number of guanidine groups is 1. The fourth-order valence-electron chi connectivity index (χ4n) is 3.03. The highest BCUT2D eigenvalue weighted by Crippen LogP contribution is 2.33. The van der Waals surface area contributed by atoms with Gasteiger partial charge in [-0.05, 0) is 25.2 Å². The number of hydrogen-bond donors (Lipinski definition) is 2. The second kappa shape index (κ2) is 9.55. The fourth-order valence-corrected chi connectivity index (χ4v) is 3.03. The minimum absolute atomic E-state index is 0. The van der Waals surface area contributed by atoms with E-state index in [0.29, 0.717) is 24.2 Å². The van der Waals surface area contributed by atoms with Crippen molar-refractivity contribution in [2.24, 2.45) is 16.3 Å². The van der Waals surface area contributed by atoms with E-state index in [2.05, 4.69) is 46.5 Å². The molecule has 0 saturated carbocycles. The Hall–Kier alpha value is -0.900. The van der Waals surface area contributed by atoms with Crippen molar-refractivity contribution in [3.63, 3.8) is 0 Å². The molecular formula is C16H30IN5O2. The first kappa shape index (κ1) is 21.1. The van der Waals surface area contributed by atoms with E-state index in [0.717, 1.165) is 25.5 Å². The number of nitrogens with zero attached hydrogens (tertiary/aromatic N) is 3. The summed E-state index contributed by atoms with van der Waals surface area (Å²) in [5, 5.41) is 10.4. The van der Waals surface area contributed by atoms with Crippen molar-refractivity contribution in [1.82, 2.24) is 20.8 Å². The van der Waals surface area contributed by atoms with Gasteiger partial charge >= 0.3 is 0 Å². The topological polar surface area (TPSA) is 84.6 Å². The summed E-state index contributed by atoms with van der Waals surface area (Å²) in [7, 11) is 1.76. The average Bonchev–Trinajstić information content (AvgIpc) is 2.92. The molecule has 2 heterocycles. The molecule has 24 heavy (non-hydrogen) atoms. The largest absolute Gasteiger partial charge is 0.377 e. The molecule has 0 aromatic carbocycles. The summed E-state index contributed by atoms with van der Waals surface area (Å²) in [5.74, 6) is 2.41. The molecule has 0 aliphatic carbocycles. The van der Waals surface area contributed by atoms with Gasteiger partial charge in [-0.15, -0.1) is 24.0 Å². The number of aryl methyl sites for hydroxylation is 1. The molecular weight excluding hydrogens is 421 g/mol. The van der Waals surface area contributed by atoms with Gasteiger partial charge in [0.25, 0.3) is 0 Å². The van der Waals surface area contributed by atoms with E-state index in [1.807, 2.05) is 0 Å². The van der Waals surface area contributed by atoms with Gasteiger partial charge in [0.15, 0.2) is 11.8 Å². The Bertz CT molecular complexity index is 527. The lowest BCUT2D eigenvalue weighted by Crippen LogP contribution is -2.47. The van der Waals surface area contributed by atoms with Gasteiger partial charge in [0.2, 0.25) is 5.89 Å². The third-order valence-corrected chi connectivity index (χ3v) is 4.03. The number of halogens is 1. The summed E-state index contributed by atoms with van der Waals surface area (Å²) >= 11 is 0. The second-order valence-corrected chi connectivity index (χ2v) is 7.10. The number of hydrogen-bond acceptors (Lipinski definition) is 5. The zero-order chi connectivity index (χ0) is 16.9. The third kappa shape index (κ3) is 6.19. The first-order valence-corrected chi connectivity index (χ1v) is 8.25. The van der Waals surface area contributed by atoms with E-state index in [-0.39, 0.29) is 35.5 Å². The number of ether oxygens (including phenoxy) is 1. The molecule has 2 rings (SSSR count). The average molecular weight is 451 g/mol. The minimum Gasteiger partial charge on any atom is -0.377 e. The smallest absolute Gasteiger partial charge is 0.246 e. The van der Waals surface area contributed by atoms with Gasteiger partial charge in [0.1, 0.15) is 0 Å². The first-order valence-electron chi connectivity index (χ1n) is 8.25. The molecule has 2 unspecified atom stereocenters. The third-order valence-electron chi connectivity index (χ3n) is 4.03. The molecule has 0 spiro atoms. The Morgan fingerprint density at radius 3 is 2.67 bits per heavy atom. The van der Waals surface area contributed by atoms with Gasteiger partial charge in [-0.2, -0.15) is 4.98 Å². The van der Waals surface area contributed by atoms with Crippen LogP contribution in [0.1, 0.15) is 45.3 Å². The standard InChI is InChI=1S/C16H29N5O2.HI/c1-11-20-13(23-21-11)10-19-15(17-5)18-9-12-7-6-8-22-14(12)16(2,3)4;/h12,14H,6-10H2,1-5H3,(H2,17,18,19);1H. The molecule has 0 amide bonds. The highest BCUT2D eigenvalue weighted by molar-refractivity contribution is 14.0. The fraction of sp³-hybridized carbons (Fsp3) is 0.812. The summed E-state index contributed by atoms with van der Waals surface area (Å²) in [5.41, 5.74) is 0.144. The van der Waals surface area contributed by atoms with Gasteiger partial charge in [-0.1, -0.05) is 25.9 Å². The van der Waals surface area contributed by atoms with Gasteiger partial charge in [-0.3, -0.25) is 4.99 Å². The molecule has 1 aromatic heterocycles. The van der Waals surface area contributed by atoms with Crippen molar-refractivity contribution in [3.05, 3.63) is 11.7 Å². The van der Waals surface area contributed by atoms with Crippen molar-refractivity contribution in [3.8, 4) is 0 Å². The number of aliphatic imine (C=N–C) groups is 1. The van der Waals surface area contributed by atoms with E-state index < -0.39 is 0 Å². The first-order chi connectivity index (χ1) is 10.9. The Balaban J connectivity index is 0.00000288. The summed E-state index contributed by atoms with van der Waals surface area (Å²) in [6.45, 7) is 10.7. The van der Waals surface area contributed by atoms with Crippen LogP contribution in [0, 0.1) is 18.3 Å². The van der Waals surface area contributed by atoms with Crippen LogP contribution in [0.3, 0.4) is 0 Å². The number of nitrogens with one attached hydrogen (secondary N) is 2. The maximum Gasteiger partial charge on any atom is 0.246 e. The molecule has 0 bridgehead atoms. The second-order valence-electron chi connectivity index (χ2n) is 7.10. The Kier molecular flexibility index (Phi) is 8.41. The SMILES string of the molecule is CN=C(NCc1nc(C)no1)NCC1CCCOC1C(C)(C)C.I. The normalized spacial score (nSPS) is 22.0. The summed E-state index contributed by atoms with van der Waals surface area (Å²) < 4.78 is 11.1. The van der Waals surface area contributed by atoms with Crippen LogP contribution in [-0.2, 0) is 11.3 Å². The zero-order valence-electron chi connectivity index (χ0n) is 15.3. The van der Waals surface area contributed by atoms with E-state index in [4.69, 9.17) is 9.26 Å². The Morgan fingerprint density at radius 1 is 1.33 bits per heavy atom. The van der Waals surface area contributed by atoms with Crippen molar-refractivity contribution < 1.29 is 9.26 Å². The molecule has 138 valence electrons. The minimum atomic E-state index is 0. The van der Waals surface area contributed by atoms with Crippen LogP contribution in [0.5, 0.6) is 0 Å². The monoisotopic (exact) mass is 451 g/mol.